The first kappa shape index (κ1) is 20.0. The quantitative estimate of drug-likeness (QED) is 0.644. The van der Waals surface area contributed by atoms with Crippen molar-refractivity contribution in [1.82, 2.24) is 14.9 Å². The number of rotatable bonds is 4. The Hall–Kier alpha value is -2.95. The largest absolute Gasteiger partial charge is 0.382 e. The summed E-state index contributed by atoms with van der Waals surface area (Å²) in [5, 5.41) is 6.11. The number of pyridine rings is 2. The maximum Gasteiger partial charge on any atom is 0.225 e. The number of hydrogen-bond donors (Lipinski definition) is 1. The number of amides is 1. The van der Waals surface area contributed by atoms with Crippen LogP contribution in [0, 0.1) is 19.8 Å². The van der Waals surface area contributed by atoms with Crippen LogP contribution in [-0.4, -0.2) is 39.9 Å². The van der Waals surface area contributed by atoms with Crippen LogP contribution in [0.2, 0.25) is 0 Å². The third-order valence-electron chi connectivity index (χ3n) is 6.79. The van der Waals surface area contributed by atoms with Gasteiger partial charge in [0, 0.05) is 59.9 Å². The van der Waals surface area contributed by atoms with E-state index in [1.165, 1.54) is 22.9 Å². The van der Waals surface area contributed by atoms with Gasteiger partial charge < -0.3 is 10.2 Å². The highest BCUT2D eigenvalue weighted by Gasteiger charge is 2.31. The van der Waals surface area contributed by atoms with Crippen molar-refractivity contribution in [2.45, 2.75) is 52.0 Å². The van der Waals surface area contributed by atoms with Gasteiger partial charge in [0.15, 0.2) is 0 Å². The summed E-state index contributed by atoms with van der Waals surface area (Å²) in [5.74, 6) is 0.674. The van der Waals surface area contributed by atoms with E-state index < -0.39 is 0 Å². The van der Waals surface area contributed by atoms with Gasteiger partial charge in [0.05, 0.1) is 0 Å². The number of likely N-dealkylation sites (tertiary alicyclic amines) is 1. The van der Waals surface area contributed by atoms with Gasteiger partial charge in [0.1, 0.15) is 0 Å². The fraction of sp³-hybridized carbons (Fsp3) is 0.423. The zero-order valence-corrected chi connectivity index (χ0v) is 18.4. The number of fused-ring (bicyclic) bond motifs is 1. The molecule has 1 aliphatic carbocycles. The molecule has 0 radical (unpaired) electrons. The lowest BCUT2D eigenvalue weighted by molar-refractivity contribution is -0.139. The number of carbonyl (C=O) groups excluding carboxylic acids is 1. The first-order valence-electron chi connectivity index (χ1n) is 11.5. The zero-order valence-electron chi connectivity index (χ0n) is 18.4. The Labute approximate surface area is 183 Å². The Morgan fingerprint density at radius 1 is 1.00 bits per heavy atom. The lowest BCUT2D eigenvalue weighted by atomic mass is 9.84. The summed E-state index contributed by atoms with van der Waals surface area (Å²) in [6, 6.07) is 11.2. The Kier molecular flexibility index (Phi) is 5.34. The van der Waals surface area contributed by atoms with Crippen molar-refractivity contribution in [1.29, 1.82) is 0 Å². The van der Waals surface area contributed by atoms with E-state index in [9.17, 15) is 4.79 Å². The molecular formula is C26H30N4O. The molecule has 5 nitrogen and oxygen atoms in total. The number of nitrogens with one attached hydrogen (secondary N) is 1. The van der Waals surface area contributed by atoms with E-state index in [0.29, 0.717) is 17.9 Å². The van der Waals surface area contributed by atoms with Crippen LogP contribution in [-0.2, 0) is 4.79 Å². The van der Waals surface area contributed by atoms with Crippen LogP contribution in [0.4, 0.5) is 5.69 Å². The van der Waals surface area contributed by atoms with Crippen LogP contribution >= 0.6 is 0 Å². The minimum Gasteiger partial charge on any atom is -0.382 e. The van der Waals surface area contributed by atoms with Gasteiger partial charge in [0.25, 0.3) is 0 Å². The number of carbonyl (C=O) groups is 1. The predicted octanol–water partition coefficient (Wildman–Crippen LogP) is 5.12. The van der Waals surface area contributed by atoms with Crippen molar-refractivity contribution >= 4 is 22.4 Å². The van der Waals surface area contributed by atoms with Crippen molar-refractivity contribution in [3.05, 3.63) is 54.1 Å². The minimum atomic E-state index is 0.295. The molecule has 1 N–H and O–H groups in total. The van der Waals surface area contributed by atoms with Crippen molar-refractivity contribution in [3.8, 4) is 11.1 Å². The molecular weight excluding hydrogens is 384 g/mol. The Balaban J connectivity index is 1.38. The zero-order chi connectivity index (χ0) is 21.4. The third kappa shape index (κ3) is 4.14. The minimum absolute atomic E-state index is 0.295. The summed E-state index contributed by atoms with van der Waals surface area (Å²) in [6.07, 6.45) is 9.13. The molecule has 160 valence electrons. The van der Waals surface area contributed by atoms with Gasteiger partial charge in [-0.1, -0.05) is 6.42 Å². The van der Waals surface area contributed by atoms with E-state index in [-0.39, 0.29) is 0 Å². The number of hydrogen-bond acceptors (Lipinski definition) is 4. The molecule has 1 aliphatic heterocycles. The average molecular weight is 415 g/mol. The molecule has 2 aliphatic rings. The molecule has 1 aromatic carbocycles. The van der Waals surface area contributed by atoms with Gasteiger partial charge in [0.2, 0.25) is 5.91 Å². The summed E-state index contributed by atoms with van der Waals surface area (Å²) in [6.45, 7) is 5.79. The van der Waals surface area contributed by atoms with Crippen molar-refractivity contribution < 1.29 is 4.79 Å². The average Bonchev–Trinajstić information content (AvgIpc) is 2.72. The molecule has 1 saturated heterocycles. The smallest absolute Gasteiger partial charge is 0.225 e. The Morgan fingerprint density at radius 2 is 1.71 bits per heavy atom. The fourth-order valence-corrected chi connectivity index (χ4v) is 4.86. The molecule has 31 heavy (non-hydrogen) atoms. The second-order valence-corrected chi connectivity index (χ2v) is 9.13. The first-order chi connectivity index (χ1) is 15.1. The summed E-state index contributed by atoms with van der Waals surface area (Å²) in [5.41, 5.74) is 5.56. The predicted molar refractivity (Wildman–Crippen MR) is 125 cm³/mol. The summed E-state index contributed by atoms with van der Waals surface area (Å²) >= 11 is 0. The van der Waals surface area contributed by atoms with Crippen LogP contribution in [0.1, 0.15) is 43.5 Å². The molecule has 0 bridgehead atoms. The van der Waals surface area contributed by atoms with Crippen LogP contribution in [0.3, 0.4) is 0 Å². The van der Waals surface area contributed by atoms with E-state index in [0.717, 1.165) is 61.2 Å². The number of anilines is 1. The van der Waals surface area contributed by atoms with Crippen LogP contribution in [0.5, 0.6) is 0 Å². The number of piperidine rings is 1. The second kappa shape index (κ2) is 8.29. The summed E-state index contributed by atoms with van der Waals surface area (Å²) in [7, 11) is 0. The molecule has 1 saturated carbocycles. The van der Waals surface area contributed by atoms with E-state index in [2.05, 4.69) is 50.5 Å². The SMILES string of the molecule is Cc1cc(-c2cc(NC3CCN(C(=O)C4CCC4)CC3)c3cnccc3c2)cc(C)n1. The van der Waals surface area contributed by atoms with E-state index in [4.69, 9.17) is 0 Å². The molecule has 2 fully saturated rings. The van der Waals surface area contributed by atoms with Crippen LogP contribution in [0.25, 0.3) is 21.9 Å². The molecule has 3 aromatic rings. The van der Waals surface area contributed by atoms with Gasteiger partial charge in [-0.2, -0.15) is 0 Å². The van der Waals surface area contributed by atoms with Crippen molar-refractivity contribution in [2.75, 3.05) is 18.4 Å². The molecule has 5 rings (SSSR count). The molecule has 3 heterocycles. The maximum atomic E-state index is 12.6. The van der Waals surface area contributed by atoms with E-state index in [1.807, 2.05) is 26.2 Å². The first-order valence-corrected chi connectivity index (χ1v) is 11.5. The normalized spacial score (nSPS) is 17.5. The lowest BCUT2D eigenvalue weighted by Gasteiger charge is -2.37. The van der Waals surface area contributed by atoms with Gasteiger partial charge in [-0.25, -0.2) is 0 Å². The number of nitrogens with zero attached hydrogens (tertiary/aromatic N) is 3. The topological polar surface area (TPSA) is 58.1 Å². The molecule has 2 aromatic heterocycles. The van der Waals surface area contributed by atoms with Gasteiger partial charge >= 0.3 is 0 Å². The molecule has 0 unspecified atom stereocenters. The highest BCUT2D eigenvalue weighted by molar-refractivity contribution is 5.97. The van der Waals surface area contributed by atoms with Gasteiger partial charge in [-0.3, -0.25) is 14.8 Å². The highest BCUT2D eigenvalue weighted by Crippen LogP contribution is 2.33. The van der Waals surface area contributed by atoms with Crippen molar-refractivity contribution in [2.24, 2.45) is 5.92 Å². The molecule has 0 atom stereocenters. The summed E-state index contributed by atoms with van der Waals surface area (Å²) < 4.78 is 0. The third-order valence-corrected chi connectivity index (χ3v) is 6.79. The standard InChI is InChI=1S/C26H30N4O/c1-17-12-21(13-18(2)28-17)22-14-20-6-9-27-16-24(20)25(15-22)29-23-7-10-30(11-8-23)26(31)19-4-3-5-19/h6,9,12-16,19,23,29H,3-5,7-8,10-11H2,1-2H3. The monoisotopic (exact) mass is 414 g/mol. The molecule has 1 amide bonds. The number of aromatic nitrogens is 2. The van der Waals surface area contributed by atoms with Gasteiger partial charge in [-0.05, 0) is 86.4 Å². The Morgan fingerprint density at radius 3 is 2.39 bits per heavy atom. The number of benzene rings is 1. The van der Waals surface area contributed by atoms with Gasteiger partial charge in [-0.15, -0.1) is 0 Å². The Bertz CT molecular complexity index is 1090. The fourth-order valence-electron chi connectivity index (χ4n) is 4.86. The molecule has 5 heteroatoms. The maximum absolute atomic E-state index is 12.6. The van der Waals surface area contributed by atoms with Crippen LogP contribution in [0.15, 0.2) is 42.7 Å². The van der Waals surface area contributed by atoms with Crippen LogP contribution < -0.4 is 5.32 Å². The highest BCUT2D eigenvalue weighted by atomic mass is 16.2. The number of aryl methyl sites for hydroxylation is 2. The van der Waals surface area contributed by atoms with Crippen molar-refractivity contribution in [3.63, 3.8) is 0 Å². The summed E-state index contributed by atoms with van der Waals surface area (Å²) in [4.78, 5) is 23.5. The molecule has 0 spiro atoms. The lowest BCUT2D eigenvalue weighted by Crippen LogP contribution is -2.46. The van der Waals surface area contributed by atoms with E-state index >= 15 is 0 Å². The second-order valence-electron chi connectivity index (χ2n) is 9.13. The van der Waals surface area contributed by atoms with E-state index in [1.54, 1.807) is 0 Å².